The van der Waals surface area contributed by atoms with Gasteiger partial charge in [-0.3, -0.25) is 4.79 Å². The van der Waals surface area contributed by atoms with Crippen LogP contribution < -0.4 is 0 Å². The van der Waals surface area contributed by atoms with Gasteiger partial charge in [0.15, 0.2) is 5.76 Å². The number of rotatable bonds is 6. The summed E-state index contributed by atoms with van der Waals surface area (Å²) in [5.41, 5.74) is 0. The van der Waals surface area contributed by atoms with Gasteiger partial charge in [0.05, 0.1) is 6.26 Å². The molecule has 0 aliphatic heterocycles. The van der Waals surface area contributed by atoms with E-state index >= 15 is 0 Å². The zero-order valence-electron chi connectivity index (χ0n) is 8.66. The summed E-state index contributed by atoms with van der Waals surface area (Å²) < 4.78 is 10.2. The zero-order chi connectivity index (χ0) is 10.4. The van der Waals surface area contributed by atoms with Crippen molar-refractivity contribution >= 4 is 5.78 Å². The summed E-state index contributed by atoms with van der Waals surface area (Å²) in [4.78, 5) is 11.3. The van der Waals surface area contributed by atoms with Gasteiger partial charge < -0.3 is 9.15 Å². The predicted molar refractivity (Wildman–Crippen MR) is 53.3 cm³/mol. The molecule has 1 rings (SSSR count). The number of carbonyl (C=O) groups excluding carboxylic acids is 1. The maximum Gasteiger partial charge on any atom is 0.223 e. The Morgan fingerprint density at radius 1 is 1.57 bits per heavy atom. The zero-order valence-corrected chi connectivity index (χ0v) is 8.66. The Morgan fingerprint density at radius 2 is 2.36 bits per heavy atom. The average molecular weight is 196 g/mol. The standard InChI is InChI=1S/C11H16O3/c1-9(2)5-7-13-8-10(12)11-4-3-6-14-11/h3-4,6,9H,5,7-8H2,1-2H3. The van der Waals surface area contributed by atoms with E-state index in [-0.39, 0.29) is 12.4 Å². The Morgan fingerprint density at radius 3 is 2.93 bits per heavy atom. The fraction of sp³-hybridized carbons (Fsp3) is 0.545. The van der Waals surface area contributed by atoms with Gasteiger partial charge in [-0.25, -0.2) is 0 Å². The van der Waals surface area contributed by atoms with Crippen molar-refractivity contribution < 1.29 is 13.9 Å². The first kappa shape index (κ1) is 11.0. The molecule has 0 saturated heterocycles. The van der Waals surface area contributed by atoms with Crippen molar-refractivity contribution in [2.45, 2.75) is 20.3 Å². The summed E-state index contributed by atoms with van der Waals surface area (Å²) in [5, 5.41) is 0. The monoisotopic (exact) mass is 196 g/mol. The van der Waals surface area contributed by atoms with Crippen molar-refractivity contribution in [3.8, 4) is 0 Å². The fourth-order valence-corrected chi connectivity index (χ4v) is 0.992. The SMILES string of the molecule is CC(C)CCOCC(=O)c1ccco1. The van der Waals surface area contributed by atoms with E-state index in [1.54, 1.807) is 12.1 Å². The van der Waals surface area contributed by atoms with Gasteiger partial charge in [-0.15, -0.1) is 0 Å². The van der Waals surface area contributed by atoms with E-state index in [2.05, 4.69) is 13.8 Å². The third kappa shape index (κ3) is 3.75. The molecule has 3 heteroatoms. The molecule has 0 aromatic carbocycles. The highest BCUT2D eigenvalue weighted by molar-refractivity contribution is 5.94. The lowest BCUT2D eigenvalue weighted by atomic mass is 10.1. The minimum Gasteiger partial charge on any atom is -0.461 e. The van der Waals surface area contributed by atoms with Crippen molar-refractivity contribution in [1.82, 2.24) is 0 Å². The second kappa shape index (κ2) is 5.60. The molecule has 0 N–H and O–H groups in total. The smallest absolute Gasteiger partial charge is 0.223 e. The van der Waals surface area contributed by atoms with Crippen LogP contribution in [-0.4, -0.2) is 19.0 Å². The summed E-state index contributed by atoms with van der Waals surface area (Å²) in [6, 6.07) is 3.34. The minimum absolute atomic E-state index is 0.0984. The first-order valence-electron chi connectivity index (χ1n) is 4.84. The molecule has 0 aliphatic carbocycles. The molecular formula is C11H16O3. The molecule has 14 heavy (non-hydrogen) atoms. The van der Waals surface area contributed by atoms with Gasteiger partial charge in [0.1, 0.15) is 6.61 Å². The first-order chi connectivity index (χ1) is 6.70. The third-order valence-corrected chi connectivity index (χ3v) is 1.87. The second-order valence-corrected chi connectivity index (χ2v) is 3.64. The summed E-state index contributed by atoms with van der Waals surface area (Å²) in [7, 11) is 0. The van der Waals surface area contributed by atoms with Crippen LogP contribution in [0.1, 0.15) is 30.8 Å². The molecule has 3 nitrogen and oxygen atoms in total. The molecule has 0 unspecified atom stereocenters. The van der Waals surface area contributed by atoms with Crippen LogP contribution in [0.3, 0.4) is 0 Å². The van der Waals surface area contributed by atoms with Gasteiger partial charge in [-0.05, 0) is 24.5 Å². The van der Waals surface area contributed by atoms with Crippen molar-refractivity contribution in [2.75, 3.05) is 13.2 Å². The molecular weight excluding hydrogens is 180 g/mol. The molecule has 0 fully saturated rings. The van der Waals surface area contributed by atoms with E-state index in [1.807, 2.05) is 0 Å². The van der Waals surface area contributed by atoms with Crippen LogP contribution in [0.25, 0.3) is 0 Å². The van der Waals surface area contributed by atoms with Crippen LogP contribution >= 0.6 is 0 Å². The molecule has 0 saturated carbocycles. The van der Waals surface area contributed by atoms with Crippen LogP contribution in [0.4, 0.5) is 0 Å². The number of hydrogen-bond donors (Lipinski definition) is 0. The number of Topliss-reactive ketones (excluding diaryl/α,β-unsaturated/α-hetero) is 1. The lowest BCUT2D eigenvalue weighted by Crippen LogP contribution is -2.09. The topological polar surface area (TPSA) is 39.4 Å². The van der Waals surface area contributed by atoms with E-state index in [4.69, 9.17) is 9.15 Å². The highest BCUT2D eigenvalue weighted by Gasteiger charge is 2.08. The highest BCUT2D eigenvalue weighted by Crippen LogP contribution is 2.03. The predicted octanol–water partition coefficient (Wildman–Crippen LogP) is 2.53. The average Bonchev–Trinajstić information content (AvgIpc) is 2.64. The van der Waals surface area contributed by atoms with Crippen LogP contribution in [0.2, 0.25) is 0 Å². The maximum atomic E-state index is 11.3. The maximum absolute atomic E-state index is 11.3. The van der Waals surface area contributed by atoms with Gasteiger partial charge in [0.2, 0.25) is 5.78 Å². The Kier molecular flexibility index (Phi) is 4.40. The molecule has 0 amide bonds. The Labute approximate surface area is 84.1 Å². The first-order valence-corrected chi connectivity index (χ1v) is 4.84. The normalized spacial score (nSPS) is 10.8. The van der Waals surface area contributed by atoms with Gasteiger partial charge in [-0.2, -0.15) is 0 Å². The molecule has 1 aromatic rings. The van der Waals surface area contributed by atoms with Crippen molar-refractivity contribution in [2.24, 2.45) is 5.92 Å². The molecule has 0 radical (unpaired) electrons. The Hall–Kier alpha value is -1.09. The summed E-state index contributed by atoms with van der Waals surface area (Å²) in [5.74, 6) is 0.877. The number of ketones is 1. The van der Waals surface area contributed by atoms with Crippen LogP contribution in [-0.2, 0) is 4.74 Å². The number of ether oxygens (including phenoxy) is 1. The summed E-state index contributed by atoms with van der Waals surface area (Å²) in [6.07, 6.45) is 2.47. The highest BCUT2D eigenvalue weighted by atomic mass is 16.5. The lowest BCUT2D eigenvalue weighted by molar-refractivity contribution is 0.0713. The largest absolute Gasteiger partial charge is 0.461 e. The molecule has 0 aliphatic rings. The lowest BCUT2D eigenvalue weighted by Gasteiger charge is -2.04. The van der Waals surface area contributed by atoms with Crippen molar-refractivity contribution in [3.05, 3.63) is 24.2 Å². The molecule has 0 spiro atoms. The Bertz CT molecular complexity index is 262. The van der Waals surface area contributed by atoms with Gasteiger partial charge in [-0.1, -0.05) is 13.8 Å². The number of furan rings is 1. The van der Waals surface area contributed by atoms with E-state index in [9.17, 15) is 4.79 Å². The van der Waals surface area contributed by atoms with Gasteiger partial charge in [0, 0.05) is 6.61 Å². The van der Waals surface area contributed by atoms with Gasteiger partial charge >= 0.3 is 0 Å². The molecule has 78 valence electrons. The van der Waals surface area contributed by atoms with Crippen molar-refractivity contribution in [3.63, 3.8) is 0 Å². The van der Waals surface area contributed by atoms with E-state index in [0.717, 1.165) is 6.42 Å². The van der Waals surface area contributed by atoms with Gasteiger partial charge in [0.25, 0.3) is 0 Å². The van der Waals surface area contributed by atoms with Crippen LogP contribution in [0.5, 0.6) is 0 Å². The quantitative estimate of drug-likeness (QED) is 0.518. The second-order valence-electron chi connectivity index (χ2n) is 3.64. The molecule has 0 bridgehead atoms. The molecule has 0 atom stereocenters. The van der Waals surface area contributed by atoms with Crippen LogP contribution in [0.15, 0.2) is 22.8 Å². The van der Waals surface area contributed by atoms with Crippen molar-refractivity contribution in [1.29, 1.82) is 0 Å². The molecule has 1 heterocycles. The Balaban J connectivity index is 2.16. The number of hydrogen-bond acceptors (Lipinski definition) is 3. The summed E-state index contributed by atoms with van der Waals surface area (Å²) >= 11 is 0. The third-order valence-electron chi connectivity index (χ3n) is 1.87. The summed E-state index contributed by atoms with van der Waals surface area (Å²) in [6.45, 7) is 4.99. The number of carbonyl (C=O) groups is 1. The van der Waals surface area contributed by atoms with E-state index in [1.165, 1.54) is 6.26 Å². The fourth-order valence-electron chi connectivity index (χ4n) is 0.992. The molecule has 1 aromatic heterocycles. The minimum atomic E-state index is -0.0984. The van der Waals surface area contributed by atoms with Crippen LogP contribution in [0, 0.1) is 5.92 Å². The van der Waals surface area contributed by atoms with E-state index in [0.29, 0.717) is 18.3 Å². The van der Waals surface area contributed by atoms with E-state index < -0.39 is 0 Å².